The van der Waals surface area contributed by atoms with E-state index in [1.54, 1.807) is 24.3 Å². The largest absolute Gasteiger partial charge is 0.508 e. The van der Waals surface area contributed by atoms with Gasteiger partial charge in [-0.3, -0.25) is 0 Å². The third-order valence-corrected chi connectivity index (χ3v) is 14.4. The van der Waals surface area contributed by atoms with E-state index in [2.05, 4.69) is 40.0 Å². The van der Waals surface area contributed by atoms with Gasteiger partial charge in [-0.2, -0.15) is 0 Å². The van der Waals surface area contributed by atoms with Gasteiger partial charge in [-0.25, -0.2) is 0 Å². The fourth-order valence-electron chi connectivity index (χ4n) is 3.18. The molecule has 0 saturated heterocycles. The first-order valence-electron chi connectivity index (χ1n) is 8.81. The second-order valence-electron chi connectivity index (χ2n) is 7.94. The minimum Gasteiger partial charge on any atom is -0.508 e. The maximum atomic E-state index is 9.52. The SMILES string of the molecule is CC(c1ccc(O)cc1)[Si](C)(C)O[Si](C)(C)C(C)c1ccc(O)cc1. The molecule has 0 aromatic heterocycles. The lowest BCUT2D eigenvalue weighted by atomic mass is 10.1. The fourth-order valence-corrected chi connectivity index (χ4v) is 12.0. The van der Waals surface area contributed by atoms with Crippen LogP contribution in [0.3, 0.4) is 0 Å². The van der Waals surface area contributed by atoms with E-state index in [0.717, 1.165) is 0 Å². The third kappa shape index (κ3) is 4.74. The Balaban J connectivity index is 2.18. The van der Waals surface area contributed by atoms with Crippen molar-refractivity contribution in [1.29, 1.82) is 0 Å². The Labute approximate surface area is 153 Å². The molecule has 136 valence electrons. The molecule has 0 bridgehead atoms. The summed E-state index contributed by atoms with van der Waals surface area (Å²) in [6, 6.07) is 15.0. The van der Waals surface area contributed by atoms with E-state index in [0.29, 0.717) is 22.6 Å². The number of phenolic OH excluding ortho intramolecular Hbond substituents is 2. The van der Waals surface area contributed by atoms with Crippen molar-refractivity contribution in [3.63, 3.8) is 0 Å². The molecule has 2 atom stereocenters. The number of rotatable bonds is 6. The summed E-state index contributed by atoms with van der Waals surface area (Å²) in [6.07, 6.45) is 0. The zero-order chi connectivity index (χ0) is 18.8. The molecule has 0 saturated carbocycles. The number of hydrogen-bond acceptors (Lipinski definition) is 3. The molecule has 25 heavy (non-hydrogen) atoms. The zero-order valence-electron chi connectivity index (χ0n) is 16.1. The Bertz CT molecular complexity index is 632. The van der Waals surface area contributed by atoms with Crippen LogP contribution >= 0.6 is 0 Å². The van der Waals surface area contributed by atoms with E-state index in [9.17, 15) is 10.2 Å². The molecule has 5 heteroatoms. The highest BCUT2D eigenvalue weighted by Gasteiger charge is 2.41. The van der Waals surface area contributed by atoms with Crippen LogP contribution in [0.1, 0.15) is 36.1 Å². The molecule has 0 aliphatic heterocycles. The first kappa shape index (κ1) is 19.8. The topological polar surface area (TPSA) is 49.7 Å². The van der Waals surface area contributed by atoms with E-state index in [-0.39, 0.29) is 0 Å². The molecule has 2 rings (SSSR count). The molecule has 0 spiro atoms. The molecule has 2 aromatic carbocycles. The summed E-state index contributed by atoms with van der Waals surface area (Å²) in [5, 5.41) is 19.0. The predicted octanol–water partition coefficient (Wildman–Crippen LogP) is 5.51. The first-order valence-corrected chi connectivity index (χ1v) is 14.8. The van der Waals surface area contributed by atoms with Crippen molar-refractivity contribution in [2.45, 2.75) is 51.1 Å². The second-order valence-corrected chi connectivity index (χ2v) is 16.9. The number of phenols is 2. The van der Waals surface area contributed by atoms with Gasteiger partial charge in [-0.05, 0) is 72.7 Å². The normalized spacial score (nSPS) is 15.0. The van der Waals surface area contributed by atoms with Crippen molar-refractivity contribution in [1.82, 2.24) is 0 Å². The number of aromatic hydroxyl groups is 2. The van der Waals surface area contributed by atoms with Crippen molar-refractivity contribution in [2.75, 3.05) is 0 Å². The first-order chi connectivity index (χ1) is 11.5. The van der Waals surface area contributed by atoms with Gasteiger partial charge in [-0.1, -0.05) is 38.1 Å². The summed E-state index contributed by atoms with van der Waals surface area (Å²) >= 11 is 0. The maximum absolute atomic E-state index is 9.52. The molecule has 0 amide bonds. The predicted molar refractivity (Wildman–Crippen MR) is 109 cm³/mol. The van der Waals surface area contributed by atoms with Crippen LogP contribution in [0.5, 0.6) is 11.5 Å². The Morgan fingerprint density at radius 1 is 0.640 bits per heavy atom. The van der Waals surface area contributed by atoms with Crippen molar-refractivity contribution in [3.05, 3.63) is 59.7 Å². The zero-order valence-corrected chi connectivity index (χ0v) is 18.1. The van der Waals surface area contributed by atoms with Crippen molar-refractivity contribution < 1.29 is 14.3 Å². The molecule has 0 fully saturated rings. The lowest BCUT2D eigenvalue weighted by Crippen LogP contribution is -2.50. The van der Waals surface area contributed by atoms with Crippen LogP contribution in [0.2, 0.25) is 26.2 Å². The maximum Gasteiger partial charge on any atom is 0.180 e. The summed E-state index contributed by atoms with van der Waals surface area (Å²) in [5.41, 5.74) is 3.12. The molecule has 3 nitrogen and oxygen atoms in total. The Morgan fingerprint density at radius 3 is 1.20 bits per heavy atom. The van der Waals surface area contributed by atoms with Gasteiger partial charge in [0.05, 0.1) is 0 Å². The standard InChI is InChI=1S/C20H30O3Si2/c1-15(17-7-11-19(21)12-8-17)24(3,4)23-25(5,6)16(2)18-9-13-20(22)14-10-18/h7-16,21-22H,1-6H3. The monoisotopic (exact) mass is 374 g/mol. The quantitative estimate of drug-likeness (QED) is 0.655. The van der Waals surface area contributed by atoms with Crippen LogP contribution in [-0.2, 0) is 4.12 Å². The van der Waals surface area contributed by atoms with E-state index in [1.165, 1.54) is 11.1 Å². The highest BCUT2D eigenvalue weighted by Crippen LogP contribution is 2.36. The molecule has 0 aliphatic carbocycles. The Kier molecular flexibility index (Phi) is 5.81. The van der Waals surface area contributed by atoms with Crippen molar-refractivity contribution >= 4 is 16.6 Å². The van der Waals surface area contributed by atoms with Gasteiger partial charge in [0.2, 0.25) is 0 Å². The van der Waals surface area contributed by atoms with E-state index in [1.807, 2.05) is 24.3 Å². The summed E-state index contributed by atoms with van der Waals surface area (Å²) in [4.78, 5) is 0. The summed E-state index contributed by atoms with van der Waals surface area (Å²) < 4.78 is 6.87. The lowest BCUT2D eigenvalue weighted by Gasteiger charge is -2.41. The lowest BCUT2D eigenvalue weighted by molar-refractivity contribution is 0.474. The fraction of sp³-hybridized carbons (Fsp3) is 0.400. The molecule has 2 aromatic rings. The van der Waals surface area contributed by atoms with Crippen molar-refractivity contribution in [3.8, 4) is 11.5 Å². The van der Waals surface area contributed by atoms with Crippen LogP contribution in [0.25, 0.3) is 0 Å². The van der Waals surface area contributed by atoms with E-state index >= 15 is 0 Å². The number of benzene rings is 2. The Hall–Kier alpha value is -1.57. The molecular weight excluding hydrogens is 344 g/mol. The van der Waals surface area contributed by atoms with Crippen LogP contribution < -0.4 is 0 Å². The van der Waals surface area contributed by atoms with Gasteiger partial charge in [0.1, 0.15) is 11.5 Å². The van der Waals surface area contributed by atoms with Crippen LogP contribution in [0, 0.1) is 0 Å². The van der Waals surface area contributed by atoms with Gasteiger partial charge in [-0.15, -0.1) is 0 Å². The Morgan fingerprint density at radius 2 is 0.920 bits per heavy atom. The highest BCUT2D eigenvalue weighted by atomic mass is 28.4. The molecular formula is C20H30O3Si2. The summed E-state index contributed by atoms with van der Waals surface area (Å²) in [5.74, 6) is 0.596. The minimum absolute atomic E-state index is 0.298. The van der Waals surface area contributed by atoms with E-state index in [4.69, 9.17) is 4.12 Å². The summed E-state index contributed by atoms with van der Waals surface area (Å²) in [7, 11) is -3.95. The highest BCUT2D eigenvalue weighted by molar-refractivity contribution is 6.86. The van der Waals surface area contributed by atoms with Crippen LogP contribution in [0.4, 0.5) is 0 Å². The molecule has 2 N–H and O–H groups in total. The van der Waals surface area contributed by atoms with Crippen molar-refractivity contribution in [2.24, 2.45) is 0 Å². The molecule has 0 heterocycles. The molecule has 2 unspecified atom stereocenters. The van der Waals surface area contributed by atoms with Crippen LogP contribution in [-0.4, -0.2) is 26.8 Å². The van der Waals surface area contributed by atoms with Gasteiger partial charge >= 0.3 is 0 Å². The average molecular weight is 375 g/mol. The van der Waals surface area contributed by atoms with Crippen LogP contribution in [0.15, 0.2) is 48.5 Å². The van der Waals surface area contributed by atoms with Gasteiger partial charge < -0.3 is 14.3 Å². The third-order valence-electron chi connectivity index (χ3n) is 5.40. The van der Waals surface area contributed by atoms with Gasteiger partial charge in [0.25, 0.3) is 0 Å². The van der Waals surface area contributed by atoms with E-state index < -0.39 is 16.6 Å². The smallest absolute Gasteiger partial charge is 0.180 e. The summed E-state index contributed by atoms with van der Waals surface area (Å²) in [6.45, 7) is 13.6. The second kappa shape index (κ2) is 7.35. The molecule has 0 radical (unpaired) electrons. The van der Waals surface area contributed by atoms with Gasteiger partial charge in [0, 0.05) is 0 Å². The minimum atomic E-state index is -1.98. The van der Waals surface area contributed by atoms with Gasteiger partial charge in [0.15, 0.2) is 16.6 Å². The molecule has 0 aliphatic rings. The number of hydrogen-bond donors (Lipinski definition) is 2. The average Bonchev–Trinajstić information content (AvgIpc) is 2.54.